The standard InChI is InChI=1S/C14H22N2O/c1-2-17-14-7-3-6-13(9-14)16-11-12-5-4-8-15-10-12/h3,6-7,9,12,15-16H,2,4-5,8,10-11H2,1H3. The fraction of sp³-hybridized carbons (Fsp3) is 0.571. The van der Waals surface area contributed by atoms with Crippen molar-refractivity contribution in [3.63, 3.8) is 0 Å². The first-order valence-electron chi connectivity index (χ1n) is 6.56. The summed E-state index contributed by atoms with van der Waals surface area (Å²) in [4.78, 5) is 0. The van der Waals surface area contributed by atoms with Gasteiger partial charge in [-0.1, -0.05) is 6.07 Å². The summed E-state index contributed by atoms with van der Waals surface area (Å²) in [6.45, 7) is 6.08. The predicted octanol–water partition coefficient (Wildman–Crippen LogP) is 2.50. The second-order valence-corrected chi connectivity index (χ2v) is 4.55. The van der Waals surface area contributed by atoms with Gasteiger partial charge in [0.15, 0.2) is 0 Å². The van der Waals surface area contributed by atoms with Gasteiger partial charge in [-0.2, -0.15) is 0 Å². The lowest BCUT2D eigenvalue weighted by molar-refractivity contribution is 0.340. The summed E-state index contributed by atoms with van der Waals surface area (Å²) < 4.78 is 5.49. The number of benzene rings is 1. The van der Waals surface area contributed by atoms with E-state index in [0.717, 1.165) is 37.1 Å². The van der Waals surface area contributed by atoms with Gasteiger partial charge >= 0.3 is 0 Å². The zero-order chi connectivity index (χ0) is 11.9. The van der Waals surface area contributed by atoms with Crippen molar-refractivity contribution in [2.75, 3.05) is 31.6 Å². The molecular weight excluding hydrogens is 212 g/mol. The predicted molar refractivity (Wildman–Crippen MR) is 71.7 cm³/mol. The van der Waals surface area contributed by atoms with E-state index in [1.165, 1.54) is 19.4 Å². The molecule has 0 aliphatic carbocycles. The smallest absolute Gasteiger partial charge is 0.121 e. The molecule has 1 fully saturated rings. The average molecular weight is 234 g/mol. The molecule has 0 radical (unpaired) electrons. The number of nitrogens with one attached hydrogen (secondary N) is 2. The van der Waals surface area contributed by atoms with Crippen LogP contribution in [0.15, 0.2) is 24.3 Å². The molecule has 17 heavy (non-hydrogen) atoms. The number of anilines is 1. The Labute approximate surface area is 104 Å². The van der Waals surface area contributed by atoms with Crippen molar-refractivity contribution in [1.82, 2.24) is 5.32 Å². The molecule has 0 spiro atoms. The van der Waals surface area contributed by atoms with Gasteiger partial charge in [0.05, 0.1) is 6.61 Å². The molecule has 3 heteroatoms. The van der Waals surface area contributed by atoms with E-state index in [-0.39, 0.29) is 0 Å². The average Bonchev–Trinajstić information content (AvgIpc) is 2.39. The van der Waals surface area contributed by atoms with Crippen LogP contribution >= 0.6 is 0 Å². The third kappa shape index (κ3) is 3.93. The minimum absolute atomic E-state index is 0.718. The van der Waals surface area contributed by atoms with Crippen molar-refractivity contribution in [2.24, 2.45) is 5.92 Å². The van der Waals surface area contributed by atoms with E-state index in [1.807, 2.05) is 19.1 Å². The van der Waals surface area contributed by atoms with E-state index in [2.05, 4.69) is 22.8 Å². The van der Waals surface area contributed by atoms with Crippen LogP contribution in [0, 0.1) is 5.92 Å². The third-order valence-electron chi connectivity index (χ3n) is 3.14. The van der Waals surface area contributed by atoms with Gasteiger partial charge in [0.2, 0.25) is 0 Å². The fourth-order valence-electron chi connectivity index (χ4n) is 2.22. The Bertz CT molecular complexity index is 335. The van der Waals surface area contributed by atoms with Gasteiger partial charge in [-0.05, 0) is 50.9 Å². The molecule has 1 saturated heterocycles. The lowest BCUT2D eigenvalue weighted by Gasteiger charge is -2.23. The molecule has 1 aromatic carbocycles. The molecule has 1 aromatic rings. The van der Waals surface area contributed by atoms with Crippen LogP contribution in [0.2, 0.25) is 0 Å². The Morgan fingerprint density at radius 2 is 2.41 bits per heavy atom. The number of ether oxygens (including phenoxy) is 1. The first-order chi connectivity index (χ1) is 8.38. The molecule has 0 saturated carbocycles. The Hall–Kier alpha value is -1.22. The van der Waals surface area contributed by atoms with E-state index in [0.29, 0.717) is 0 Å². The largest absolute Gasteiger partial charge is 0.494 e. The normalized spacial score (nSPS) is 19.9. The van der Waals surface area contributed by atoms with Gasteiger partial charge in [-0.25, -0.2) is 0 Å². The van der Waals surface area contributed by atoms with E-state index in [4.69, 9.17) is 4.74 Å². The van der Waals surface area contributed by atoms with Gasteiger partial charge in [0.1, 0.15) is 5.75 Å². The Morgan fingerprint density at radius 3 is 3.18 bits per heavy atom. The zero-order valence-electron chi connectivity index (χ0n) is 10.5. The molecule has 1 unspecified atom stereocenters. The first-order valence-corrected chi connectivity index (χ1v) is 6.56. The third-order valence-corrected chi connectivity index (χ3v) is 3.14. The number of piperidine rings is 1. The van der Waals surface area contributed by atoms with E-state index >= 15 is 0 Å². The fourth-order valence-corrected chi connectivity index (χ4v) is 2.22. The van der Waals surface area contributed by atoms with Crippen molar-refractivity contribution in [1.29, 1.82) is 0 Å². The van der Waals surface area contributed by atoms with Crippen molar-refractivity contribution < 1.29 is 4.74 Å². The second kappa shape index (κ2) is 6.50. The van der Waals surface area contributed by atoms with E-state index < -0.39 is 0 Å². The van der Waals surface area contributed by atoms with Crippen LogP contribution in [0.4, 0.5) is 5.69 Å². The highest BCUT2D eigenvalue weighted by atomic mass is 16.5. The lowest BCUT2D eigenvalue weighted by atomic mass is 10.00. The van der Waals surface area contributed by atoms with Gasteiger partial charge in [-0.3, -0.25) is 0 Å². The number of hydrogen-bond acceptors (Lipinski definition) is 3. The minimum atomic E-state index is 0.718. The zero-order valence-corrected chi connectivity index (χ0v) is 10.5. The van der Waals surface area contributed by atoms with Crippen molar-refractivity contribution >= 4 is 5.69 Å². The topological polar surface area (TPSA) is 33.3 Å². The van der Waals surface area contributed by atoms with Crippen LogP contribution in [-0.2, 0) is 0 Å². The highest BCUT2D eigenvalue weighted by Gasteiger charge is 2.12. The van der Waals surface area contributed by atoms with Gasteiger partial charge in [-0.15, -0.1) is 0 Å². The first kappa shape index (κ1) is 12.2. The van der Waals surface area contributed by atoms with Gasteiger partial charge in [0, 0.05) is 18.3 Å². The molecule has 3 nitrogen and oxygen atoms in total. The number of rotatable bonds is 5. The molecule has 1 aliphatic rings. The maximum atomic E-state index is 5.49. The summed E-state index contributed by atoms with van der Waals surface area (Å²) in [6.07, 6.45) is 2.62. The maximum Gasteiger partial charge on any atom is 0.121 e. The monoisotopic (exact) mass is 234 g/mol. The maximum absolute atomic E-state index is 5.49. The summed E-state index contributed by atoms with van der Waals surface area (Å²) in [7, 11) is 0. The van der Waals surface area contributed by atoms with Crippen LogP contribution in [0.1, 0.15) is 19.8 Å². The Balaban J connectivity index is 1.83. The molecule has 1 heterocycles. The highest BCUT2D eigenvalue weighted by Crippen LogP contribution is 2.18. The van der Waals surface area contributed by atoms with Crippen molar-refractivity contribution in [3.05, 3.63) is 24.3 Å². The van der Waals surface area contributed by atoms with Crippen LogP contribution in [0.25, 0.3) is 0 Å². The lowest BCUT2D eigenvalue weighted by Crippen LogP contribution is -2.33. The molecule has 1 aliphatic heterocycles. The van der Waals surface area contributed by atoms with Crippen LogP contribution < -0.4 is 15.4 Å². The summed E-state index contributed by atoms with van der Waals surface area (Å²) >= 11 is 0. The summed E-state index contributed by atoms with van der Waals surface area (Å²) in [5.41, 5.74) is 1.15. The van der Waals surface area contributed by atoms with E-state index in [1.54, 1.807) is 0 Å². The van der Waals surface area contributed by atoms with Gasteiger partial charge in [0.25, 0.3) is 0 Å². The molecule has 1 atom stereocenters. The molecular formula is C14H22N2O. The Morgan fingerprint density at radius 1 is 1.47 bits per heavy atom. The molecule has 0 amide bonds. The van der Waals surface area contributed by atoms with Crippen LogP contribution in [0.3, 0.4) is 0 Å². The van der Waals surface area contributed by atoms with Crippen molar-refractivity contribution in [2.45, 2.75) is 19.8 Å². The number of hydrogen-bond donors (Lipinski definition) is 2. The summed E-state index contributed by atoms with van der Waals surface area (Å²) in [5.74, 6) is 1.69. The van der Waals surface area contributed by atoms with Crippen molar-refractivity contribution in [3.8, 4) is 5.75 Å². The Kier molecular flexibility index (Phi) is 4.68. The minimum Gasteiger partial charge on any atom is -0.494 e. The molecule has 2 rings (SSSR count). The van der Waals surface area contributed by atoms with Gasteiger partial charge < -0.3 is 15.4 Å². The summed E-state index contributed by atoms with van der Waals surface area (Å²) in [6, 6.07) is 8.20. The molecule has 94 valence electrons. The molecule has 2 N–H and O–H groups in total. The van der Waals surface area contributed by atoms with E-state index in [9.17, 15) is 0 Å². The second-order valence-electron chi connectivity index (χ2n) is 4.55. The SMILES string of the molecule is CCOc1cccc(NCC2CCCNC2)c1. The highest BCUT2D eigenvalue weighted by molar-refractivity contribution is 5.48. The van der Waals surface area contributed by atoms with Crippen LogP contribution in [0.5, 0.6) is 5.75 Å². The van der Waals surface area contributed by atoms with Crippen LogP contribution in [-0.4, -0.2) is 26.2 Å². The molecule has 0 aromatic heterocycles. The quantitative estimate of drug-likeness (QED) is 0.821. The summed E-state index contributed by atoms with van der Waals surface area (Å²) in [5, 5.41) is 6.93. The molecule has 0 bridgehead atoms.